The fourth-order valence-electron chi connectivity index (χ4n) is 2.94. The van der Waals surface area contributed by atoms with Gasteiger partial charge in [-0.2, -0.15) is 0 Å². The van der Waals surface area contributed by atoms with E-state index in [-0.39, 0.29) is 0 Å². The highest BCUT2D eigenvalue weighted by atomic mass is 35.5. The van der Waals surface area contributed by atoms with E-state index in [2.05, 4.69) is 5.32 Å². The third-order valence-electron chi connectivity index (χ3n) is 4.49. The van der Waals surface area contributed by atoms with Gasteiger partial charge >= 0.3 is 11.9 Å². The van der Waals surface area contributed by atoms with Gasteiger partial charge in [-0.25, -0.2) is 9.59 Å². The van der Waals surface area contributed by atoms with Crippen molar-refractivity contribution < 1.29 is 34.0 Å². The summed E-state index contributed by atoms with van der Waals surface area (Å²) in [7, 11) is 1.57. The van der Waals surface area contributed by atoms with Crippen molar-refractivity contribution in [2.45, 2.75) is 12.8 Å². The van der Waals surface area contributed by atoms with Gasteiger partial charge in [0.05, 0.1) is 13.7 Å². The van der Waals surface area contributed by atoms with E-state index in [0.717, 1.165) is 13.1 Å². The smallest absolute Gasteiger partial charge is 0.328 e. The van der Waals surface area contributed by atoms with Crippen LogP contribution in [0.2, 0.25) is 10.0 Å². The second kappa shape index (κ2) is 13.6. The van der Waals surface area contributed by atoms with Crippen LogP contribution >= 0.6 is 23.2 Å². The van der Waals surface area contributed by atoms with Gasteiger partial charge in [0.2, 0.25) is 0 Å². The molecular weight excluding hydrogens is 473 g/mol. The number of hydrogen-bond acceptors (Lipinski definition) is 6. The molecule has 0 radical (unpaired) electrons. The Kier molecular flexibility index (Phi) is 10.8. The summed E-state index contributed by atoms with van der Waals surface area (Å²) in [6.45, 7) is 2.71. The molecule has 3 rings (SSSR count). The van der Waals surface area contributed by atoms with Gasteiger partial charge in [-0.3, -0.25) is 0 Å². The van der Waals surface area contributed by atoms with Crippen molar-refractivity contribution in [3.63, 3.8) is 0 Å². The number of benzene rings is 2. The van der Waals surface area contributed by atoms with E-state index in [9.17, 15) is 9.59 Å². The zero-order valence-corrected chi connectivity index (χ0v) is 19.4. The molecule has 33 heavy (non-hydrogen) atoms. The van der Waals surface area contributed by atoms with Gasteiger partial charge in [0.15, 0.2) is 23.0 Å². The van der Waals surface area contributed by atoms with E-state index in [1.54, 1.807) is 37.4 Å². The fourth-order valence-corrected chi connectivity index (χ4v) is 3.27. The van der Waals surface area contributed by atoms with Gasteiger partial charge in [0, 0.05) is 46.8 Å². The van der Waals surface area contributed by atoms with E-state index in [1.807, 2.05) is 6.07 Å². The summed E-state index contributed by atoms with van der Waals surface area (Å²) in [5.41, 5.74) is 0. The molecule has 1 heterocycles. The van der Waals surface area contributed by atoms with Crippen LogP contribution in [0.3, 0.4) is 0 Å². The second-order valence-electron chi connectivity index (χ2n) is 7.02. The van der Waals surface area contributed by atoms with E-state index < -0.39 is 11.9 Å². The number of rotatable bonds is 8. The molecule has 2 aromatic rings. The Labute approximate surface area is 201 Å². The summed E-state index contributed by atoms with van der Waals surface area (Å²) in [6.07, 6.45) is 3.46. The van der Waals surface area contributed by atoms with Crippen molar-refractivity contribution in [1.82, 2.24) is 5.32 Å². The maximum absolute atomic E-state index is 9.55. The molecule has 1 fully saturated rings. The number of carboxylic acid groups (broad SMARTS) is 2. The molecule has 8 nitrogen and oxygen atoms in total. The van der Waals surface area contributed by atoms with Gasteiger partial charge in [0.25, 0.3) is 0 Å². The normalized spacial score (nSPS) is 15.3. The minimum Gasteiger partial charge on any atom is -0.493 e. The average molecular weight is 498 g/mol. The molecule has 178 valence electrons. The Bertz CT molecular complexity index is 959. The third-order valence-corrected chi connectivity index (χ3v) is 4.96. The maximum atomic E-state index is 9.55. The minimum absolute atomic E-state index is 0.502. The predicted molar refractivity (Wildman–Crippen MR) is 125 cm³/mol. The number of aliphatic carboxylic acids is 2. The highest BCUT2D eigenvalue weighted by Crippen LogP contribution is 2.39. The molecule has 0 saturated carbocycles. The largest absolute Gasteiger partial charge is 0.493 e. The van der Waals surface area contributed by atoms with Crippen LogP contribution in [0, 0.1) is 5.92 Å². The monoisotopic (exact) mass is 497 g/mol. The Hall–Kier alpha value is -2.94. The van der Waals surface area contributed by atoms with Crippen molar-refractivity contribution in [2.24, 2.45) is 5.92 Å². The van der Waals surface area contributed by atoms with Gasteiger partial charge in [-0.05, 0) is 43.7 Å². The molecule has 0 aromatic heterocycles. The first-order valence-corrected chi connectivity index (χ1v) is 10.8. The lowest BCUT2D eigenvalue weighted by molar-refractivity contribution is -0.134. The molecule has 0 spiro atoms. The first-order valence-electron chi connectivity index (χ1n) is 10.1. The SMILES string of the molecule is COc1cc(Cl)ccc1Oc1cc(Cl)ccc1OC[C@H]1CCCNC1.O=C(O)/C=C/C(=O)O. The summed E-state index contributed by atoms with van der Waals surface area (Å²) in [6, 6.07) is 10.6. The molecule has 1 atom stereocenters. The number of carboxylic acids is 2. The van der Waals surface area contributed by atoms with E-state index in [4.69, 9.17) is 47.6 Å². The number of nitrogens with one attached hydrogen (secondary N) is 1. The molecular formula is C23H25Cl2NO7. The highest BCUT2D eigenvalue weighted by molar-refractivity contribution is 6.31. The highest BCUT2D eigenvalue weighted by Gasteiger charge is 2.16. The zero-order chi connectivity index (χ0) is 24.2. The van der Waals surface area contributed by atoms with Crippen LogP contribution in [0.5, 0.6) is 23.0 Å². The quantitative estimate of drug-likeness (QED) is 0.441. The summed E-state index contributed by atoms with van der Waals surface area (Å²) in [4.78, 5) is 19.1. The van der Waals surface area contributed by atoms with Crippen molar-refractivity contribution in [3.05, 3.63) is 58.6 Å². The lowest BCUT2D eigenvalue weighted by Gasteiger charge is -2.23. The Morgan fingerprint density at radius 2 is 1.61 bits per heavy atom. The topological polar surface area (TPSA) is 114 Å². The van der Waals surface area contributed by atoms with Gasteiger partial charge in [-0.15, -0.1) is 0 Å². The van der Waals surface area contributed by atoms with E-state index in [0.29, 0.717) is 57.7 Å². The Morgan fingerprint density at radius 1 is 1.00 bits per heavy atom. The Morgan fingerprint density at radius 3 is 2.15 bits per heavy atom. The maximum Gasteiger partial charge on any atom is 0.328 e. The minimum atomic E-state index is -1.26. The summed E-state index contributed by atoms with van der Waals surface area (Å²) < 4.78 is 17.3. The Balaban J connectivity index is 0.000000414. The van der Waals surface area contributed by atoms with Crippen molar-refractivity contribution >= 4 is 35.1 Å². The van der Waals surface area contributed by atoms with Gasteiger partial charge in [0.1, 0.15) is 0 Å². The molecule has 3 N–H and O–H groups in total. The van der Waals surface area contributed by atoms with Crippen LogP contribution in [-0.4, -0.2) is 49.0 Å². The summed E-state index contributed by atoms with van der Waals surface area (Å²) in [5.74, 6) is 0.305. The molecule has 10 heteroatoms. The molecule has 0 amide bonds. The van der Waals surface area contributed by atoms with Crippen molar-refractivity contribution in [3.8, 4) is 23.0 Å². The number of halogens is 2. The van der Waals surface area contributed by atoms with Crippen molar-refractivity contribution in [1.29, 1.82) is 0 Å². The number of hydrogen-bond donors (Lipinski definition) is 3. The first-order chi connectivity index (χ1) is 15.8. The molecule has 0 unspecified atom stereocenters. The predicted octanol–water partition coefficient (Wildman–Crippen LogP) is 4.88. The lowest BCUT2D eigenvalue weighted by Crippen LogP contribution is -2.33. The standard InChI is InChI=1S/C19H21Cl2NO3.C4H4O4/c1-23-18-9-14(20)5-7-17(18)25-19-10-15(21)4-6-16(19)24-12-13-3-2-8-22-11-13;5-3(6)1-2-4(7)8/h4-7,9-10,13,22H,2-3,8,11-12H2,1H3;1-2H,(H,5,6)(H,7,8)/b;2-1+/t13-;/m0./s1. The molecule has 1 aliphatic heterocycles. The van der Waals surface area contributed by atoms with Crippen LogP contribution in [0.4, 0.5) is 0 Å². The summed E-state index contributed by atoms with van der Waals surface area (Å²) in [5, 5.41) is 20.2. The number of ether oxygens (including phenoxy) is 3. The third kappa shape index (κ3) is 9.61. The average Bonchev–Trinajstić information content (AvgIpc) is 2.79. The number of methoxy groups -OCH3 is 1. The molecule has 2 aromatic carbocycles. The van der Waals surface area contributed by atoms with Crippen LogP contribution in [-0.2, 0) is 9.59 Å². The van der Waals surface area contributed by atoms with Crippen LogP contribution in [0.25, 0.3) is 0 Å². The van der Waals surface area contributed by atoms with Gasteiger partial charge in [-0.1, -0.05) is 23.2 Å². The van der Waals surface area contributed by atoms with E-state index in [1.165, 1.54) is 12.8 Å². The molecule has 1 aliphatic rings. The van der Waals surface area contributed by atoms with Crippen LogP contribution < -0.4 is 19.5 Å². The van der Waals surface area contributed by atoms with Crippen molar-refractivity contribution in [2.75, 3.05) is 26.8 Å². The summed E-state index contributed by atoms with van der Waals surface area (Å²) >= 11 is 12.1. The van der Waals surface area contributed by atoms with Crippen LogP contribution in [0.1, 0.15) is 12.8 Å². The molecule has 0 aliphatic carbocycles. The first kappa shape index (κ1) is 26.3. The lowest BCUT2D eigenvalue weighted by atomic mass is 10.0. The molecule has 0 bridgehead atoms. The second-order valence-corrected chi connectivity index (χ2v) is 7.89. The number of carbonyl (C=O) groups is 2. The number of piperidine rings is 1. The molecule has 1 saturated heterocycles. The fraction of sp³-hybridized carbons (Fsp3) is 0.304. The van der Waals surface area contributed by atoms with Crippen LogP contribution in [0.15, 0.2) is 48.6 Å². The van der Waals surface area contributed by atoms with Gasteiger partial charge < -0.3 is 29.7 Å². The zero-order valence-electron chi connectivity index (χ0n) is 17.9. The van der Waals surface area contributed by atoms with E-state index >= 15 is 0 Å².